The fourth-order valence-corrected chi connectivity index (χ4v) is 2.33. The van der Waals surface area contributed by atoms with Crippen molar-refractivity contribution in [2.45, 2.75) is 44.9 Å². The third-order valence-corrected chi connectivity index (χ3v) is 3.06. The average Bonchev–Trinajstić information content (AvgIpc) is 2.31. The summed E-state index contributed by atoms with van der Waals surface area (Å²) in [6, 6.07) is 0. The Morgan fingerprint density at radius 3 is 2.67 bits per heavy atom. The van der Waals surface area contributed by atoms with Gasteiger partial charge in [-0.2, -0.15) is 0 Å². The molecule has 15 heavy (non-hydrogen) atoms. The number of rotatable bonds is 3. The zero-order valence-electron chi connectivity index (χ0n) is 9.37. The Hall–Kier alpha value is -1.12. The molecule has 1 fully saturated rings. The summed E-state index contributed by atoms with van der Waals surface area (Å²) in [5, 5.41) is 3.30. The topological polar surface area (TPSA) is 37.8 Å². The largest absolute Gasteiger partial charge is 0.369 e. The normalized spacial score (nSPS) is 17.7. The molecule has 0 aliphatic heterocycles. The smallest absolute Gasteiger partial charge is 0.148 e. The van der Waals surface area contributed by atoms with Gasteiger partial charge in [-0.3, -0.25) is 4.98 Å². The standard InChI is InChI=1S/C12H19N3/c1-2-13-12-11(14-8-9-15-12)10-6-4-3-5-7-10/h8-10H,2-7H2,1H3,(H,13,15). The van der Waals surface area contributed by atoms with Gasteiger partial charge in [0.05, 0.1) is 5.69 Å². The van der Waals surface area contributed by atoms with E-state index in [4.69, 9.17) is 0 Å². The highest BCUT2D eigenvalue weighted by molar-refractivity contribution is 5.41. The van der Waals surface area contributed by atoms with Crippen LogP contribution >= 0.6 is 0 Å². The quantitative estimate of drug-likeness (QED) is 0.824. The number of nitrogens with zero attached hydrogens (tertiary/aromatic N) is 2. The third kappa shape index (κ3) is 2.46. The number of hydrogen-bond acceptors (Lipinski definition) is 3. The molecule has 0 saturated heterocycles. The minimum absolute atomic E-state index is 0.626. The fraction of sp³-hybridized carbons (Fsp3) is 0.667. The molecule has 0 bridgehead atoms. The van der Waals surface area contributed by atoms with Gasteiger partial charge in [-0.25, -0.2) is 4.98 Å². The summed E-state index contributed by atoms with van der Waals surface area (Å²) in [5.74, 6) is 1.62. The summed E-state index contributed by atoms with van der Waals surface area (Å²) in [4.78, 5) is 8.87. The molecule has 3 heteroatoms. The molecule has 0 atom stereocenters. The van der Waals surface area contributed by atoms with Crippen LogP contribution in [0.1, 0.15) is 50.6 Å². The van der Waals surface area contributed by atoms with Crippen molar-refractivity contribution < 1.29 is 0 Å². The van der Waals surface area contributed by atoms with E-state index in [1.54, 1.807) is 6.20 Å². The number of hydrogen-bond donors (Lipinski definition) is 1. The molecule has 0 spiro atoms. The maximum absolute atomic E-state index is 4.50. The van der Waals surface area contributed by atoms with Crippen LogP contribution in [0.4, 0.5) is 5.82 Å². The predicted molar refractivity (Wildman–Crippen MR) is 62.0 cm³/mol. The monoisotopic (exact) mass is 205 g/mol. The molecule has 1 aliphatic rings. The van der Waals surface area contributed by atoms with E-state index in [9.17, 15) is 0 Å². The number of anilines is 1. The molecule has 0 unspecified atom stereocenters. The SMILES string of the molecule is CCNc1nccnc1C1CCCCC1. The highest BCUT2D eigenvalue weighted by Gasteiger charge is 2.19. The highest BCUT2D eigenvalue weighted by atomic mass is 15.0. The summed E-state index contributed by atoms with van der Waals surface area (Å²) in [6.07, 6.45) is 10.2. The second-order valence-electron chi connectivity index (χ2n) is 4.16. The molecule has 1 aromatic rings. The lowest BCUT2D eigenvalue weighted by molar-refractivity contribution is 0.436. The van der Waals surface area contributed by atoms with E-state index in [0.717, 1.165) is 12.4 Å². The van der Waals surface area contributed by atoms with Gasteiger partial charge in [0, 0.05) is 24.9 Å². The first-order chi connectivity index (χ1) is 7.42. The van der Waals surface area contributed by atoms with Crippen LogP contribution in [-0.4, -0.2) is 16.5 Å². The molecule has 0 aromatic carbocycles. The van der Waals surface area contributed by atoms with Crippen LogP contribution < -0.4 is 5.32 Å². The summed E-state index contributed by atoms with van der Waals surface area (Å²) in [5.41, 5.74) is 1.18. The summed E-state index contributed by atoms with van der Waals surface area (Å²) in [7, 11) is 0. The average molecular weight is 205 g/mol. The first-order valence-corrected chi connectivity index (χ1v) is 5.96. The van der Waals surface area contributed by atoms with Crippen LogP contribution in [0.5, 0.6) is 0 Å². The molecule has 3 nitrogen and oxygen atoms in total. The van der Waals surface area contributed by atoms with Crippen molar-refractivity contribution >= 4 is 5.82 Å². The van der Waals surface area contributed by atoms with Crippen molar-refractivity contribution in [2.75, 3.05) is 11.9 Å². The van der Waals surface area contributed by atoms with Gasteiger partial charge in [-0.15, -0.1) is 0 Å². The molecule has 0 amide bonds. The van der Waals surface area contributed by atoms with Gasteiger partial charge in [0.15, 0.2) is 0 Å². The number of nitrogens with one attached hydrogen (secondary N) is 1. The van der Waals surface area contributed by atoms with Gasteiger partial charge in [0.2, 0.25) is 0 Å². The molecule has 1 saturated carbocycles. The fourth-order valence-electron chi connectivity index (χ4n) is 2.33. The summed E-state index contributed by atoms with van der Waals surface area (Å²) < 4.78 is 0. The maximum Gasteiger partial charge on any atom is 0.148 e. The summed E-state index contributed by atoms with van der Waals surface area (Å²) in [6.45, 7) is 3.01. The predicted octanol–water partition coefficient (Wildman–Crippen LogP) is 2.96. The van der Waals surface area contributed by atoms with Crippen LogP contribution in [0.15, 0.2) is 12.4 Å². The Morgan fingerprint density at radius 2 is 1.93 bits per heavy atom. The first kappa shape index (κ1) is 10.4. The second kappa shape index (κ2) is 5.10. The third-order valence-electron chi connectivity index (χ3n) is 3.06. The van der Waals surface area contributed by atoms with Crippen molar-refractivity contribution in [2.24, 2.45) is 0 Å². The lowest BCUT2D eigenvalue weighted by Crippen LogP contribution is -2.11. The van der Waals surface area contributed by atoms with Crippen LogP contribution in [0, 0.1) is 0 Å². The number of aromatic nitrogens is 2. The van der Waals surface area contributed by atoms with E-state index in [1.165, 1.54) is 37.8 Å². The van der Waals surface area contributed by atoms with Crippen molar-refractivity contribution in [3.8, 4) is 0 Å². The van der Waals surface area contributed by atoms with Gasteiger partial charge < -0.3 is 5.32 Å². The van der Waals surface area contributed by atoms with Crippen molar-refractivity contribution in [1.82, 2.24) is 9.97 Å². The minimum Gasteiger partial charge on any atom is -0.369 e. The van der Waals surface area contributed by atoms with Crippen molar-refractivity contribution in [1.29, 1.82) is 0 Å². The van der Waals surface area contributed by atoms with Gasteiger partial charge >= 0.3 is 0 Å². The van der Waals surface area contributed by atoms with E-state index in [2.05, 4.69) is 22.2 Å². The zero-order valence-corrected chi connectivity index (χ0v) is 9.37. The van der Waals surface area contributed by atoms with E-state index < -0.39 is 0 Å². The molecule has 2 rings (SSSR count). The molecule has 82 valence electrons. The highest BCUT2D eigenvalue weighted by Crippen LogP contribution is 2.33. The van der Waals surface area contributed by atoms with E-state index in [-0.39, 0.29) is 0 Å². The Kier molecular flexibility index (Phi) is 3.54. The van der Waals surface area contributed by atoms with E-state index in [1.807, 2.05) is 6.20 Å². The van der Waals surface area contributed by atoms with Crippen LogP contribution in [0.3, 0.4) is 0 Å². The van der Waals surface area contributed by atoms with Gasteiger partial charge in [0.1, 0.15) is 5.82 Å². The van der Waals surface area contributed by atoms with Crippen molar-refractivity contribution in [3.05, 3.63) is 18.1 Å². The van der Waals surface area contributed by atoms with Gasteiger partial charge in [0.25, 0.3) is 0 Å². The Balaban J connectivity index is 2.17. The first-order valence-electron chi connectivity index (χ1n) is 5.96. The van der Waals surface area contributed by atoms with Gasteiger partial charge in [-0.1, -0.05) is 19.3 Å². The molecule has 1 aromatic heterocycles. The Labute approximate surface area is 91.3 Å². The molecule has 0 radical (unpaired) electrons. The van der Waals surface area contributed by atoms with E-state index >= 15 is 0 Å². The van der Waals surface area contributed by atoms with Crippen molar-refractivity contribution in [3.63, 3.8) is 0 Å². The maximum atomic E-state index is 4.50. The van der Waals surface area contributed by atoms with Crippen LogP contribution in [0.2, 0.25) is 0 Å². The molecular formula is C12H19N3. The molecular weight excluding hydrogens is 186 g/mol. The summed E-state index contributed by atoms with van der Waals surface area (Å²) >= 11 is 0. The minimum atomic E-state index is 0.626. The van der Waals surface area contributed by atoms with Gasteiger partial charge in [-0.05, 0) is 19.8 Å². The molecule has 1 N–H and O–H groups in total. The Bertz CT molecular complexity index is 305. The van der Waals surface area contributed by atoms with E-state index in [0.29, 0.717) is 5.92 Å². The Morgan fingerprint density at radius 1 is 1.20 bits per heavy atom. The molecule has 1 aliphatic carbocycles. The zero-order chi connectivity index (χ0) is 10.5. The molecule has 1 heterocycles. The van der Waals surface area contributed by atoms with Crippen LogP contribution in [-0.2, 0) is 0 Å². The van der Waals surface area contributed by atoms with Crippen LogP contribution in [0.25, 0.3) is 0 Å². The lowest BCUT2D eigenvalue weighted by Gasteiger charge is -2.22. The lowest BCUT2D eigenvalue weighted by atomic mass is 9.87. The second-order valence-corrected chi connectivity index (χ2v) is 4.16.